The number of hydrogen-bond acceptors (Lipinski definition) is 1. The molecule has 8 aromatic carbocycles. The third-order valence-electron chi connectivity index (χ3n) is 9.92. The van der Waals surface area contributed by atoms with E-state index in [2.05, 4.69) is 155 Å². The fourth-order valence-electron chi connectivity index (χ4n) is 7.76. The van der Waals surface area contributed by atoms with Crippen LogP contribution in [0.1, 0.15) is 5.56 Å². The minimum atomic E-state index is 0.706. The maximum atomic E-state index is 9.84. The van der Waals surface area contributed by atoms with Crippen molar-refractivity contribution in [3.8, 4) is 28.6 Å². The molecular formula is C45H27N3. The van der Waals surface area contributed by atoms with Gasteiger partial charge in [0.25, 0.3) is 0 Å². The molecule has 2 aromatic heterocycles. The van der Waals surface area contributed by atoms with Gasteiger partial charge in [-0.3, -0.25) is 0 Å². The van der Waals surface area contributed by atoms with Crippen molar-refractivity contribution in [2.45, 2.75) is 0 Å². The Balaban J connectivity index is 1.19. The minimum Gasteiger partial charge on any atom is -0.309 e. The van der Waals surface area contributed by atoms with Crippen molar-refractivity contribution in [3.05, 3.63) is 169 Å². The summed E-state index contributed by atoms with van der Waals surface area (Å²) in [7, 11) is 0. The van der Waals surface area contributed by atoms with Gasteiger partial charge in [-0.05, 0) is 87.9 Å². The molecule has 0 fully saturated rings. The van der Waals surface area contributed by atoms with Gasteiger partial charge in [0.2, 0.25) is 0 Å². The first-order chi connectivity index (χ1) is 23.8. The molecule has 48 heavy (non-hydrogen) atoms. The van der Waals surface area contributed by atoms with Crippen molar-refractivity contribution >= 4 is 65.2 Å². The normalized spacial score (nSPS) is 11.7. The van der Waals surface area contributed by atoms with Crippen molar-refractivity contribution in [2.75, 3.05) is 0 Å². The first kappa shape index (κ1) is 26.6. The first-order valence-corrected chi connectivity index (χ1v) is 16.2. The van der Waals surface area contributed by atoms with Crippen molar-refractivity contribution in [1.82, 2.24) is 9.13 Å². The Kier molecular flexibility index (Phi) is 5.64. The molecule has 0 saturated heterocycles. The van der Waals surface area contributed by atoms with E-state index in [1.807, 2.05) is 24.3 Å². The highest BCUT2D eigenvalue weighted by Crippen LogP contribution is 2.39. The number of aromatic nitrogens is 2. The van der Waals surface area contributed by atoms with Crippen LogP contribution in [0.5, 0.6) is 0 Å². The molecule has 0 unspecified atom stereocenters. The summed E-state index contributed by atoms with van der Waals surface area (Å²) in [6.07, 6.45) is 0. The Morgan fingerprint density at radius 1 is 0.354 bits per heavy atom. The minimum absolute atomic E-state index is 0.706. The molecule has 0 radical (unpaired) electrons. The van der Waals surface area contributed by atoms with Crippen LogP contribution in [0, 0.1) is 11.3 Å². The van der Waals surface area contributed by atoms with E-state index in [1.54, 1.807) is 0 Å². The van der Waals surface area contributed by atoms with E-state index in [0.29, 0.717) is 5.56 Å². The molecule has 0 aliphatic heterocycles. The molecule has 0 spiro atoms. The third kappa shape index (κ3) is 3.81. The van der Waals surface area contributed by atoms with Gasteiger partial charge >= 0.3 is 0 Å². The molecule has 0 N–H and O–H groups in total. The van der Waals surface area contributed by atoms with Gasteiger partial charge in [0.15, 0.2) is 0 Å². The zero-order valence-corrected chi connectivity index (χ0v) is 25.9. The summed E-state index contributed by atoms with van der Waals surface area (Å²) in [5, 5.41) is 19.1. The van der Waals surface area contributed by atoms with Gasteiger partial charge in [-0.25, -0.2) is 0 Å². The van der Waals surface area contributed by atoms with Crippen LogP contribution in [0.4, 0.5) is 0 Å². The number of para-hydroxylation sites is 3. The second-order valence-corrected chi connectivity index (χ2v) is 12.5. The lowest BCUT2D eigenvalue weighted by Crippen LogP contribution is -1.94. The molecule has 10 aromatic rings. The Bertz CT molecular complexity index is 2950. The van der Waals surface area contributed by atoms with Crippen LogP contribution in [0.15, 0.2) is 164 Å². The van der Waals surface area contributed by atoms with Gasteiger partial charge in [0, 0.05) is 38.3 Å². The topological polar surface area (TPSA) is 33.6 Å². The maximum absolute atomic E-state index is 9.84. The Morgan fingerprint density at radius 3 is 1.71 bits per heavy atom. The highest BCUT2D eigenvalue weighted by molar-refractivity contribution is 6.14. The van der Waals surface area contributed by atoms with Crippen LogP contribution in [-0.4, -0.2) is 9.13 Å². The summed E-state index contributed by atoms with van der Waals surface area (Å²) in [6, 6.07) is 60.9. The third-order valence-corrected chi connectivity index (χ3v) is 9.92. The average molecular weight is 610 g/mol. The van der Waals surface area contributed by atoms with Gasteiger partial charge < -0.3 is 9.13 Å². The quantitative estimate of drug-likeness (QED) is 0.183. The molecule has 3 nitrogen and oxygen atoms in total. The lowest BCUT2D eigenvalue weighted by Gasteiger charge is -2.12. The summed E-state index contributed by atoms with van der Waals surface area (Å²) in [4.78, 5) is 0. The summed E-state index contributed by atoms with van der Waals surface area (Å²) in [5.74, 6) is 0. The number of benzene rings is 8. The lowest BCUT2D eigenvalue weighted by atomic mass is 9.97. The van der Waals surface area contributed by atoms with Gasteiger partial charge in [-0.15, -0.1) is 0 Å². The summed E-state index contributed by atoms with van der Waals surface area (Å²) < 4.78 is 4.75. The number of nitriles is 1. The molecule has 0 amide bonds. The van der Waals surface area contributed by atoms with Crippen molar-refractivity contribution < 1.29 is 0 Å². The van der Waals surface area contributed by atoms with E-state index in [1.165, 1.54) is 49.2 Å². The molecule has 0 aliphatic rings. The Labute approximate surface area is 276 Å². The fourth-order valence-corrected chi connectivity index (χ4v) is 7.76. The summed E-state index contributed by atoms with van der Waals surface area (Å²) in [6.45, 7) is 0. The van der Waals surface area contributed by atoms with Crippen LogP contribution in [0.3, 0.4) is 0 Å². The molecule has 0 atom stereocenters. The highest BCUT2D eigenvalue weighted by atomic mass is 15.0. The molecular weight excluding hydrogens is 583 g/mol. The van der Waals surface area contributed by atoms with Crippen molar-refractivity contribution in [2.24, 2.45) is 0 Å². The van der Waals surface area contributed by atoms with Crippen LogP contribution in [-0.2, 0) is 0 Å². The molecule has 0 saturated carbocycles. The van der Waals surface area contributed by atoms with E-state index in [-0.39, 0.29) is 0 Å². The van der Waals surface area contributed by atoms with Crippen molar-refractivity contribution in [1.29, 1.82) is 5.26 Å². The Morgan fingerprint density at radius 2 is 0.938 bits per heavy atom. The molecule has 3 heteroatoms. The lowest BCUT2D eigenvalue weighted by molar-refractivity contribution is 1.18. The molecule has 0 aliphatic carbocycles. The first-order valence-electron chi connectivity index (χ1n) is 16.2. The fraction of sp³-hybridized carbons (Fsp3) is 0. The summed E-state index contributed by atoms with van der Waals surface area (Å²) in [5.41, 5.74) is 10.1. The molecule has 0 bridgehead atoms. The second-order valence-electron chi connectivity index (χ2n) is 12.5. The van der Waals surface area contributed by atoms with Crippen LogP contribution >= 0.6 is 0 Å². The van der Waals surface area contributed by atoms with E-state index >= 15 is 0 Å². The highest BCUT2D eigenvalue weighted by Gasteiger charge is 2.17. The Hall–Kier alpha value is -6.63. The second kappa shape index (κ2) is 10.2. The predicted molar refractivity (Wildman–Crippen MR) is 200 cm³/mol. The number of nitrogens with zero attached hydrogens (tertiary/aromatic N) is 3. The smallest absolute Gasteiger partial charge is 0.0998 e. The largest absolute Gasteiger partial charge is 0.309 e. The number of rotatable bonds is 3. The SMILES string of the molecule is N#Cc1cc2ccc(-n3c4ccccc4c4cc(-c5ccc6c7ccccc7n(-c7ccccc7)c6c5)ccc43)cc2c2ccccc12. The van der Waals surface area contributed by atoms with E-state index in [0.717, 1.165) is 38.4 Å². The van der Waals surface area contributed by atoms with E-state index < -0.39 is 0 Å². The molecule has 222 valence electrons. The summed E-state index contributed by atoms with van der Waals surface area (Å²) >= 11 is 0. The zero-order valence-electron chi connectivity index (χ0n) is 25.9. The standard InChI is InChI=1S/C45H27N3/c46-28-32-24-31-18-21-34(27-40(31)36-13-5-4-12-35(32)36)48-43-17-9-7-15-38(43)41-25-29(20-23-44(41)48)30-19-22-39-37-14-6-8-16-42(37)47(45(39)26-30)33-10-2-1-3-11-33/h1-27H. The van der Waals surface area contributed by atoms with Crippen LogP contribution < -0.4 is 0 Å². The van der Waals surface area contributed by atoms with Gasteiger partial charge in [-0.1, -0.05) is 103 Å². The van der Waals surface area contributed by atoms with Crippen LogP contribution in [0.25, 0.3) is 87.7 Å². The maximum Gasteiger partial charge on any atom is 0.0998 e. The number of fused-ring (bicyclic) bond motifs is 9. The predicted octanol–water partition coefficient (Wildman–Crippen LogP) is 11.7. The van der Waals surface area contributed by atoms with Crippen LogP contribution in [0.2, 0.25) is 0 Å². The molecule has 10 rings (SSSR count). The van der Waals surface area contributed by atoms with E-state index in [4.69, 9.17) is 0 Å². The van der Waals surface area contributed by atoms with Gasteiger partial charge in [0.05, 0.1) is 33.7 Å². The average Bonchev–Trinajstić information content (AvgIpc) is 3.67. The number of hydrogen-bond donors (Lipinski definition) is 0. The molecule has 2 heterocycles. The van der Waals surface area contributed by atoms with Crippen molar-refractivity contribution in [3.63, 3.8) is 0 Å². The zero-order chi connectivity index (χ0) is 31.8. The van der Waals surface area contributed by atoms with Gasteiger partial charge in [0.1, 0.15) is 0 Å². The monoisotopic (exact) mass is 609 g/mol. The van der Waals surface area contributed by atoms with Gasteiger partial charge in [-0.2, -0.15) is 5.26 Å². The van der Waals surface area contributed by atoms with E-state index in [9.17, 15) is 5.26 Å².